The topological polar surface area (TPSA) is 53.6 Å². The van der Waals surface area contributed by atoms with Gasteiger partial charge >= 0.3 is 0 Å². The highest BCUT2D eigenvalue weighted by Crippen LogP contribution is 2.24. The number of aliphatic imine (C=N–C) groups is 1. The van der Waals surface area contributed by atoms with Crippen molar-refractivity contribution in [3.8, 4) is 0 Å². The Morgan fingerprint density at radius 3 is 2.72 bits per heavy atom. The van der Waals surface area contributed by atoms with Gasteiger partial charge in [-0.25, -0.2) is 9.38 Å². The molecule has 0 spiro atoms. The van der Waals surface area contributed by atoms with Crippen LogP contribution in [0.25, 0.3) is 0 Å². The lowest BCUT2D eigenvalue weighted by atomic mass is 10.1. The largest absolute Gasteiger partial charge is 0.370 e. The lowest BCUT2D eigenvalue weighted by Crippen LogP contribution is -2.22. The molecule has 0 bridgehead atoms. The second-order valence-electron chi connectivity index (χ2n) is 6.83. The number of hydrogen-bond acceptors (Lipinski definition) is 2. The Morgan fingerprint density at radius 1 is 1.16 bits per heavy atom. The fourth-order valence-electron chi connectivity index (χ4n) is 3.17. The predicted octanol–water partition coefficient (Wildman–Crippen LogP) is 3.30. The summed E-state index contributed by atoms with van der Waals surface area (Å²) in [6, 6.07) is 11.6. The summed E-state index contributed by atoms with van der Waals surface area (Å²) >= 11 is 0. The molecule has 3 rings (SSSR count). The van der Waals surface area contributed by atoms with Gasteiger partial charge in [0.1, 0.15) is 5.82 Å². The Morgan fingerprint density at radius 2 is 1.96 bits per heavy atom. The third-order valence-corrected chi connectivity index (χ3v) is 4.41. The van der Waals surface area contributed by atoms with Crippen molar-refractivity contribution in [2.75, 3.05) is 19.4 Å². The van der Waals surface area contributed by atoms with Crippen molar-refractivity contribution in [3.05, 3.63) is 64.5 Å². The Hall–Kier alpha value is -2.40. The third-order valence-electron chi connectivity index (χ3n) is 4.41. The van der Waals surface area contributed by atoms with Crippen LogP contribution in [0.1, 0.15) is 28.7 Å². The molecule has 0 fully saturated rings. The average molecular weight is 340 g/mol. The van der Waals surface area contributed by atoms with Gasteiger partial charge in [-0.05, 0) is 68.2 Å². The number of nitrogens with one attached hydrogen (secondary N) is 1. The number of halogens is 1. The van der Waals surface area contributed by atoms with Gasteiger partial charge in [0.25, 0.3) is 0 Å². The number of hydrogen-bond donors (Lipinski definition) is 2. The van der Waals surface area contributed by atoms with Crippen molar-refractivity contribution in [1.82, 2.24) is 4.90 Å². The molecule has 5 heteroatoms. The Labute approximate surface area is 148 Å². The maximum Gasteiger partial charge on any atom is 0.193 e. The van der Waals surface area contributed by atoms with E-state index in [-0.39, 0.29) is 5.82 Å². The van der Waals surface area contributed by atoms with Gasteiger partial charge in [-0.2, -0.15) is 0 Å². The van der Waals surface area contributed by atoms with Crippen LogP contribution >= 0.6 is 0 Å². The van der Waals surface area contributed by atoms with Gasteiger partial charge in [0.2, 0.25) is 0 Å². The van der Waals surface area contributed by atoms with Crippen LogP contribution in [0.2, 0.25) is 0 Å². The van der Waals surface area contributed by atoms with E-state index in [9.17, 15) is 4.39 Å². The number of anilines is 1. The maximum atomic E-state index is 14.1. The molecular weight excluding hydrogens is 315 g/mol. The van der Waals surface area contributed by atoms with Crippen LogP contribution in [0.15, 0.2) is 41.4 Å². The van der Waals surface area contributed by atoms with E-state index in [1.807, 2.05) is 37.2 Å². The fraction of sp³-hybridized carbons (Fsp3) is 0.350. The zero-order valence-electron chi connectivity index (χ0n) is 14.8. The molecule has 25 heavy (non-hydrogen) atoms. The van der Waals surface area contributed by atoms with Gasteiger partial charge < -0.3 is 16.0 Å². The summed E-state index contributed by atoms with van der Waals surface area (Å²) < 4.78 is 14.1. The number of rotatable bonds is 5. The number of benzene rings is 2. The summed E-state index contributed by atoms with van der Waals surface area (Å²) in [7, 11) is 3.84. The predicted molar refractivity (Wildman–Crippen MR) is 101 cm³/mol. The SMILES string of the molecule is CN(C)Cc1ccc(CN=C(N)Nc2ccc3c(c2)CCC3)cc1F. The van der Waals surface area contributed by atoms with Gasteiger partial charge in [-0.15, -0.1) is 0 Å². The molecule has 0 saturated heterocycles. The van der Waals surface area contributed by atoms with Crippen LogP contribution in [0.5, 0.6) is 0 Å². The smallest absolute Gasteiger partial charge is 0.193 e. The van der Waals surface area contributed by atoms with Gasteiger partial charge in [-0.1, -0.05) is 18.2 Å². The summed E-state index contributed by atoms with van der Waals surface area (Å²) in [5, 5.41) is 3.12. The molecular formula is C20H25FN4. The first-order valence-electron chi connectivity index (χ1n) is 8.62. The molecule has 1 aliphatic carbocycles. The molecule has 4 nitrogen and oxygen atoms in total. The number of nitrogens with two attached hydrogens (primary N) is 1. The second kappa shape index (κ2) is 7.66. The first-order chi connectivity index (χ1) is 12.0. The van der Waals surface area contributed by atoms with Crippen molar-refractivity contribution in [1.29, 1.82) is 0 Å². The van der Waals surface area contributed by atoms with Crippen LogP contribution < -0.4 is 11.1 Å². The van der Waals surface area contributed by atoms with E-state index in [0.29, 0.717) is 24.6 Å². The molecule has 1 aliphatic rings. The second-order valence-corrected chi connectivity index (χ2v) is 6.83. The first-order valence-corrected chi connectivity index (χ1v) is 8.62. The van der Waals surface area contributed by atoms with E-state index >= 15 is 0 Å². The van der Waals surface area contributed by atoms with E-state index in [4.69, 9.17) is 5.73 Å². The Bertz CT molecular complexity index is 783. The molecule has 2 aromatic carbocycles. The molecule has 0 aromatic heterocycles. The van der Waals surface area contributed by atoms with Crippen LogP contribution in [0.3, 0.4) is 0 Å². The fourth-order valence-corrected chi connectivity index (χ4v) is 3.17. The Balaban J connectivity index is 1.62. The quantitative estimate of drug-likeness (QED) is 0.649. The van der Waals surface area contributed by atoms with E-state index in [0.717, 1.165) is 24.1 Å². The maximum absolute atomic E-state index is 14.1. The standard InChI is InChI=1S/C20H25FN4/c1-25(2)13-17-7-6-14(10-19(17)21)12-23-20(22)24-18-9-8-15-4-3-5-16(15)11-18/h6-11H,3-5,12-13H2,1-2H3,(H3,22,23,24). The van der Waals surface area contributed by atoms with E-state index in [2.05, 4.69) is 22.4 Å². The zero-order chi connectivity index (χ0) is 17.8. The van der Waals surface area contributed by atoms with E-state index in [1.165, 1.54) is 23.6 Å². The first kappa shape index (κ1) is 17.4. The summed E-state index contributed by atoms with van der Waals surface area (Å²) in [6.07, 6.45) is 3.51. The van der Waals surface area contributed by atoms with Crippen molar-refractivity contribution in [3.63, 3.8) is 0 Å². The number of guanidine groups is 1. The summed E-state index contributed by atoms with van der Waals surface area (Å²) in [4.78, 5) is 6.26. The van der Waals surface area contributed by atoms with E-state index < -0.39 is 0 Å². The monoisotopic (exact) mass is 340 g/mol. The molecule has 0 atom stereocenters. The van der Waals surface area contributed by atoms with Crippen LogP contribution in [-0.2, 0) is 25.9 Å². The number of nitrogens with zero attached hydrogens (tertiary/aromatic N) is 2. The lowest BCUT2D eigenvalue weighted by molar-refractivity contribution is 0.392. The zero-order valence-corrected chi connectivity index (χ0v) is 14.8. The molecule has 0 aliphatic heterocycles. The number of aryl methyl sites for hydroxylation is 2. The van der Waals surface area contributed by atoms with Crippen LogP contribution in [0.4, 0.5) is 10.1 Å². The minimum absolute atomic E-state index is 0.202. The van der Waals surface area contributed by atoms with Crippen molar-refractivity contribution >= 4 is 11.6 Å². The van der Waals surface area contributed by atoms with Gasteiger partial charge in [0.05, 0.1) is 6.54 Å². The third kappa shape index (κ3) is 4.57. The molecule has 0 radical (unpaired) electrons. The van der Waals surface area contributed by atoms with Crippen molar-refractivity contribution < 1.29 is 4.39 Å². The molecule has 0 saturated carbocycles. The molecule has 0 heterocycles. The van der Waals surface area contributed by atoms with E-state index in [1.54, 1.807) is 0 Å². The Kier molecular flexibility index (Phi) is 5.34. The summed E-state index contributed by atoms with van der Waals surface area (Å²) in [5.74, 6) is 0.141. The average Bonchev–Trinajstić information content (AvgIpc) is 3.02. The highest BCUT2D eigenvalue weighted by atomic mass is 19.1. The summed E-state index contributed by atoms with van der Waals surface area (Å²) in [5.41, 5.74) is 11.2. The van der Waals surface area contributed by atoms with Crippen LogP contribution in [0, 0.1) is 5.82 Å². The molecule has 2 aromatic rings. The molecule has 0 amide bonds. The molecule has 3 N–H and O–H groups in total. The van der Waals surface area contributed by atoms with Gasteiger partial charge in [0, 0.05) is 17.8 Å². The van der Waals surface area contributed by atoms with Crippen molar-refractivity contribution in [2.24, 2.45) is 10.7 Å². The highest BCUT2D eigenvalue weighted by molar-refractivity contribution is 5.92. The minimum Gasteiger partial charge on any atom is -0.370 e. The van der Waals surface area contributed by atoms with Crippen LogP contribution in [-0.4, -0.2) is 25.0 Å². The molecule has 132 valence electrons. The molecule has 0 unspecified atom stereocenters. The lowest BCUT2D eigenvalue weighted by Gasteiger charge is -2.11. The minimum atomic E-state index is -0.202. The number of fused-ring (bicyclic) bond motifs is 1. The highest BCUT2D eigenvalue weighted by Gasteiger charge is 2.11. The van der Waals surface area contributed by atoms with Gasteiger partial charge in [0.15, 0.2) is 5.96 Å². The van der Waals surface area contributed by atoms with Crippen molar-refractivity contribution in [2.45, 2.75) is 32.4 Å². The van der Waals surface area contributed by atoms with Gasteiger partial charge in [-0.3, -0.25) is 0 Å². The summed E-state index contributed by atoms with van der Waals surface area (Å²) in [6.45, 7) is 0.931. The normalized spacial score (nSPS) is 14.0.